The van der Waals surface area contributed by atoms with Gasteiger partial charge in [0.2, 0.25) is 5.91 Å². The Morgan fingerprint density at radius 3 is 2.07 bits per heavy atom. The molecular formula is C22H43NO5. The minimum Gasteiger partial charge on any atom is -0.394 e. The van der Waals surface area contributed by atoms with Gasteiger partial charge in [-0.15, -0.1) is 0 Å². The van der Waals surface area contributed by atoms with Crippen molar-refractivity contribution in [3.05, 3.63) is 12.2 Å². The molecule has 6 heteroatoms. The van der Waals surface area contributed by atoms with Crippen molar-refractivity contribution >= 4 is 5.91 Å². The Balaban J connectivity index is 3.98. The number of hydrogen-bond acceptors (Lipinski definition) is 5. The summed E-state index contributed by atoms with van der Waals surface area (Å²) in [5.74, 6) is -0.611. The average Bonchev–Trinajstić information content (AvgIpc) is 2.70. The van der Waals surface area contributed by atoms with E-state index in [4.69, 9.17) is 0 Å². The number of aliphatic hydroxyl groups is 4. The van der Waals surface area contributed by atoms with Crippen molar-refractivity contribution in [1.82, 2.24) is 5.32 Å². The molecule has 0 aliphatic rings. The Labute approximate surface area is 171 Å². The lowest BCUT2D eigenvalue weighted by Gasteiger charge is -2.27. The van der Waals surface area contributed by atoms with Crippen LogP contribution in [0.1, 0.15) is 90.9 Å². The largest absolute Gasteiger partial charge is 0.394 e. The van der Waals surface area contributed by atoms with E-state index in [9.17, 15) is 25.2 Å². The molecule has 4 atom stereocenters. The highest BCUT2D eigenvalue weighted by atomic mass is 16.3. The highest BCUT2D eigenvalue weighted by Crippen LogP contribution is 2.11. The van der Waals surface area contributed by atoms with Gasteiger partial charge in [-0.3, -0.25) is 4.79 Å². The van der Waals surface area contributed by atoms with Crippen LogP contribution in [0.3, 0.4) is 0 Å². The summed E-state index contributed by atoms with van der Waals surface area (Å²) in [7, 11) is 0. The van der Waals surface area contributed by atoms with Crippen molar-refractivity contribution in [2.24, 2.45) is 0 Å². The van der Waals surface area contributed by atoms with Crippen LogP contribution in [0.2, 0.25) is 0 Å². The fourth-order valence-electron chi connectivity index (χ4n) is 3.01. The molecule has 5 N–H and O–H groups in total. The third-order valence-corrected chi connectivity index (χ3v) is 4.98. The van der Waals surface area contributed by atoms with Crippen LogP contribution in [0, 0.1) is 0 Å². The summed E-state index contributed by atoms with van der Waals surface area (Å²) in [5, 5.41) is 41.9. The number of aliphatic hydroxyl groups excluding tert-OH is 4. The molecule has 166 valence electrons. The molecule has 28 heavy (non-hydrogen) atoms. The smallest absolute Gasteiger partial charge is 0.249 e. The highest BCUT2D eigenvalue weighted by Gasteiger charge is 2.28. The molecule has 0 radical (unpaired) electrons. The fourth-order valence-corrected chi connectivity index (χ4v) is 3.01. The van der Waals surface area contributed by atoms with Crippen LogP contribution >= 0.6 is 0 Å². The van der Waals surface area contributed by atoms with Crippen LogP contribution in [0.15, 0.2) is 12.2 Å². The van der Waals surface area contributed by atoms with Gasteiger partial charge < -0.3 is 25.7 Å². The molecule has 0 aromatic rings. The van der Waals surface area contributed by atoms with Crippen molar-refractivity contribution in [2.45, 2.75) is 115 Å². The van der Waals surface area contributed by atoms with Gasteiger partial charge in [-0.25, -0.2) is 0 Å². The lowest BCUT2D eigenvalue weighted by atomic mass is 10.0. The molecular weight excluding hydrogens is 358 g/mol. The zero-order valence-electron chi connectivity index (χ0n) is 17.9. The Bertz CT molecular complexity index is 402. The number of carbonyl (C=O) groups is 1. The number of rotatable bonds is 18. The summed E-state index contributed by atoms with van der Waals surface area (Å²) in [6.07, 6.45) is 12.0. The van der Waals surface area contributed by atoms with Crippen LogP contribution in [0.4, 0.5) is 0 Å². The van der Waals surface area contributed by atoms with Gasteiger partial charge in [-0.2, -0.15) is 0 Å². The molecule has 0 saturated carbocycles. The van der Waals surface area contributed by atoms with E-state index in [2.05, 4.69) is 24.4 Å². The number of amides is 1. The third-order valence-electron chi connectivity index (χ3n) is 4.98. The molecule has 0 bridgehead atoms. The Morgan fingerprint density at radius 1 is 0.857 bits per heavy atom. The van der Waals surface area contributed by atoms with Crippen LogP contribution in [-0.2, 0) is 4.79 Å². The van der Waals surface area contributed by atoms with E-state index in [0.29, 0.717) is 12.8 Å². The van der Waals surface area contributed by atoms with Crippen LogP contribution < -0.4 is 5.32 Å². The number of carbonyl (C=O) groups excluding carboxylic acids is 1. The van der Waals surface area contributed by atoms with Crippen LogP contribution in [0.5, 0.6) is 0 Å². The van der Waals surface area contributed by atoms with E-state index >= 15 is 0 Å². The first-order chi connectivity index (χ1) is 13.5. The summed E-state index contributed by atoms with van der Waals surface area (Å²) >= 11 is 0. The monoisotopic (exact) mass is 401 g/mol. The maximum Gasteiger partial charge on any atom is 0.249 e. The normalized spacial score (nSPS) is 16.1. The molecule has 4 unspecified atom stereocenters. The van der Waals surface area contributed by atoms with Crippen molar-refractivity contribution in [2.75, 3.05) is 6.61 Å². The molecule has 0 aliphatic heterocycles. The van der Waals surface area contributed by atoms with E-state index in [1.165, 1.54) is 12.8 Å². The molecule has 6 nitrogen and oxygen atoms in total. The molecule has 0 saturated heterocycles. The quantitative estimate of drug-likeness (QED) is 0.179. The van der Waals surface area contributed by atoms with Crippen molar-refractivity contribution in [1.29, 1.82) is 0 Å². The summed E-state index contributed by atoms with van der Waals surface area (Å²) in [5.41, 5.74) is 0. The number of hydrogen-bond donors (Lipinski definition) is 5. The van der Waals surface area contributed by atoms with E-state index in [1.54, 1.807) is 0 Å². The summed E-state index contributed by atoms with van der Waals surface area (Å²) in [4.78, 5) is 12.1. The Kier molecular flexibility index (Phi) is 17.5. The highest BCUT2D eigenvalue weighted by molar-refractivity contribution is 5.80. The lowest BCUT2D eigenvalue weighted by molar-refractivity contribution is -0.132. The minimum atomic E-state index is -1.25. The molecule has 0 fully saturated rings. The lowest BCUT2D eigenvalue weighted by Crippen LogP contribution is -2.53. The van der Waals surface area contributed by atoms with Gasteiger partial charge >= 0.3 is 0 Å². The number of allylic oxidation sites excluding steroid dienone is 2. The van der Waals surface area contributed by atoms with Crippen LogP contribution in [0.25, 0.3) is 0 Å². The topological polar surface area (TPSA) is 110 Å². The molecule has 0 heterocycles. The summed E-state index contributed by atoms with van der Waals surface area (Å²) < 4.78 is 0. The van der Waals surface area contributed by atoms with Crippen LogP contribution in [-0.4, -0.2) is 57.3 Å². The van der Waals surface area contributed by atoms with Crippen molar-refractivity contribution in [3.63, 3.8) is 0 Å². The standard InChI is InChI=1S/C22H43NO5/c1-3-5-7-8-9-10-11-12-13-14-16-20(26)22(28)23-18(17-24)21(27)19(25)15-6-4-2/h8-9,18-21,24-27H,3-7,10-17H2,1-2H3,(H,23,28)/b9-8-. The van der Waals surface area contributed by atoms with Gasteiger partial charge in [0.15, 0.2) is 0 Å². The first-order valence-electron chi connectivity index (χ1n) is 11.1. The van der Waals surface area contributed by atoms with E-state index < -0.39 is 36.9 Å². The van der Waals surface area contributed by atoms with Gasteiger partial charge in [-0.1, -0.05) is 70.9 Å². The second kappa shape index (κ2) is 18.1. The second-order valence-electron chi connectivity index (χ2n) is 7.62. The molecule has 0 aromatic carbocycles. The van der Waals surface area contributed by atoms with Gasteiger partial charge in [0.25, 0.3) is 0 Å². The number of nitrogens with one attached hydrogen (secondary N) is 1. The molecule has 0 rings (SSSR count). The fraction of sp³-hybridized carbons (Fsp3) is 0.864. The van der Waals surface area contributed by atoms with E-state index in [-0.39, 0.29) is 0 Å². The second-order valence-corrected chi connectivity index (χ2v) is 7.62. The van der Waals surface area contributed by atoms with Crippen molar-refractivity contribution in [3.8, 4) is 0 Å². The first-order valence-corrected chi connectivity index (χ1v) is 11.1. The Morgan fingerprint density at radius 2 is 1.46 bits per heavy atom. The predicted octanol–water partition coefficient (Wildman–Crippen LogP) is 2.82. The first kappa shape index (κ1) is 27.0. The SMILES string of the molecule is CCCC/C=C\CCCCCCC(O)C(=O)NC(CO)C(O)C(O)CCCC. The van der Waals surface area contributed by atoms with Gasteiger partial charge in [0.05, 0.1) is 18.8 Å². The van der Waals surface area contributed by atoms with Gasteiger partial charge in [0.1, 0.15) is 12.2 Å². The Hall–Kier alpha value is -0.950. The van der Waals surface area contributed by atoms with Gasteiger partial charge in [-0.05, 0) is 32.1 Å². The van der Waals surface area contributed by atoms with Crippen molar-refractivity contribution < 1.29 is 25.2 Å². The predicted molar refractivity (Wildman–Crippen MR) is 113 cm³/mol. The molecule has 1 amide bonds. The minimum absolute atomic E-state index is 0.352. The third kappa shape index (κ3) is 13.3. The van der Waals surface area contributed by atoms with Gasteiger partial charge in [0, 0.05) is 0 Å². The zero-order valence-corrected chi connectivity index (χ0v) is 17.9. The van der Waals surface area contributed by atoms with E-state index in [0.717, 1.165) is 51.4 Å². The maximum atomic E-state index is 12.1. The maximum absolute atomic E-state index is 12.1. The number of unbranched alkanes of at least 4 members (excludes halogenated alkanes) is 7. The molecule has 0 aromatic heterocycles. The molecule has 0 aliphatic carbocycles. The summed E-state index contributed by atoms with van der Waals surface area (Å²) in [6.45, 7) is 3.67. The zero-order chi connectivity index (χ0) is 21.2. The summed E-state index contributed by atoms with van der Waals surface area (Å²) in [6, 6.07) is -0.978. The van der Waals surface area contributed by atoms with E-state index in [1.807, 2.05) is 6.92 Å². The average molecular weight is 402 g/mol. The molecule has 0 spiro atoms.